The number of halogens is 1. The molecular formula is C24H19FN2O3. The summed E-state index contributed by atoms with van der Waals surface area (Å²) >= 11 is 0. The third-order valence-corrected chi connectivity index (χ3v) is 5.17. The van der Waals surface area contributed by atoms with Crippen LogP contribution in [0.4, 0.5) is 10.1 Å². The molecule has 1 amide bonds. The lowest BCUT2D eigenvalue weighted by atomic mass is 9.95. The molecule has 30 heavy (non-hydrogen) atoms. The van der Waals surface area contributed by atoms with Crippen molar-refractivity contribution in [2.24, 2.45) is 0 Å². The minimum Gasteiger partial charge on any atom is -0.507 e. The number of aliphatic hydroxyl groups is 1. The monoisotopic (exact) mass is 402 g/mol. The van der Waals surface area contributed by atoms with E-state index >= 15 is 0 Å². The van der Waals surface area contributed by atoms with Crippen molar-refractivity contribution >= 4 is 23.1 Å². The number of aliphatic hydroxyl groups excluding tert-OH is 1. The maximum Gasteiger partial charge on any atom is 0.300 e. The molecule has 0 aliphatic carbocycles. The number of aryl methyl sites for hydroxylation is 1. The number of rotatable bonds is 4. The van der Waals surface area contributed by atoms with E-state index in [2.05, 4.69) is 4.98 Å². The van der Waals surface area contributed by atoms with Crippen LogP contribution in [0.2, 0.25) is 0 Å². The van der Waals surface area contributed by atoms with Gasteiger partial charge in [0.15, 0.2) is 0 Å². The molecule has 3 aromatic rings. The van der Waals surface area contributed by atoms with Crippen LogP contribution in [-0.2, 0) is 16.0 Å². The summed E-state index contributed by atoms with van der Waals surface area (Å²) in [5.41, 5.74) is 2.22. The lowest BCUT2D eigenvalue weighted by molar-refractivity contribution is -0.132. The molecule has 0 bridgehead atoms. The zero-order valence-electron chi connectivity index (χ0n) is 16.2. The van der Waals surface area contributed by atoms with Gasteiger partial charge in [-0.2, -0.15) is 0 Å². The number of aromatic nitrogens is 1. The van der Waals surface area contributed by atoms with E-state index in [-0.39, 0.29) is 17.0 Å². The molecule has 0 saturated carbocycles. The number of nitrogens with zero attached hydrogens (tertiary/aromatic N) is 2. The Labute approximate surface area is 173 Å². The summed E-state index contributed by atoms with van der Waals surface area (Å²) in [6.07, 6.45) is 3.93. The van der Waals surface area contributed by atoms with E-state index in [0.29, 0.717) is 11.1 Å². The first-order chi connectivity index (χ1) is 14.5. The summed E-state index contributed by atoms with van der Waals surface area (Å²) in [4.78, 5) is 31.2. The Morgan fingerprint density at radius 3 is 2.50 bits per heavy atom. The normalized spacial score (nSPS) is 18.1. The average molecular weight is 402 g/mol. The van der Waals surface area contributed by atoms with Gasteiger partial charge in [-0.3, -0.25) is 19.5 Å². The Hall–Kier alpha value is -3.80. The third-order valence-electron chi connectivity index (χ3n) is 5.17. The van der Waals surface area contributed by atoms with Gasteiger partial charge in [0, 0.05) is 23.6 Å². The van der Waals surface area contributed by atoms with Crippen LogP contribution in [0.3, 0.4) is 0 Å². The van der Waals surface area contributed by atoms with E-state index in [9.17, 15) is 19.1 Å². The number of hydrogen-bond donors (Lipinski definition) is 1. The second-order valence-corrected chi connectivity index (χ2v) is 6.99. The van der Waals surface area contributed by atoms with Crippen molar-refractivity contribution in [2.75, 3.05) is 4.90 Å². The molecule has 1 saturated heterocycles. The first kappa shape index (κ1) is 19.5. The number of anilines is 1. The van der Waals surface area contributed by atoms with E-state index in [1.54, 1.807) is 36.5 Å². The van der Waals surface area contributed by atoms with Gasteiger partial charge in [0.1, 0.15) is 11.6 Å². The van der Waals surface area contributed by atoms with E-state index < -0.39 is 23.5 Å². The molecule has 5 nitrogen and oxygen atoms in total. The predicted molar refractivity (Wildman–Crippen MR) is 111 cm³/mol. The number of Topliss-reactive ketones (excluding diaryl/α,β-unsaturated/α-hetero) is 1. The van der Waals surface area contributed by atoms with Crippen molar-refractivity contribution in [1.82, 2.24) is 4.98 Å². The summed E-state index contributed by atoms with van der Waals surface area (Å²) < 4.78 is 13.9. The van der Waals surface area contributed by atoms with Crippen LogP contribution >= 0.6 is 0 Å². The van der Waals surface area contributed by atoms with Crippen molar-refractivity contribution in [1.29, 1.82) is 0 Å². The van der Waals surface area contributed by atoms with Gasteiger partial charge in [0.25, 0.3) is 11.7 Å². The van der Waals surface area contributed by atoms with Gasteiger partial charge >= 0.3 is 0 Å². The molecule has 1 fully saturated rings. The van der Waals surface area contributed by atoms with Crippen LogP contribution in [0.15, 0.2) is 78.6 Å². The summed E-state index contributed by atoms with van der Waals surface area (Å²) in [6.45, 7) is 2.02. The average Bonchev–Trinajstić information content (AvgIpc) is 3.04. The van der Waals surface area contributed by atoms with Crippen molar-refractivity contribution in [2.45, 2.75) is 19.4 Å². The maximum absolute atomic E-state index is 13.9. The Kier molecular flexibility index (Phi) is 5.14. The summed E-state index contributed by atoms with van der Waals surface area (Å²) in [7, 11) is 0. The number of ketones is 1. The number of amides is 1. The highest BCUT2D eigenvalue weighted by Crippen LogP contribution is 2.41. The molecule has 0 spiro atoms. The molecule has 2 heterocycles. The zero-order chi connectivity index (χ0) is 21.3. The second-order valence-electron chi connectivity index (χ2n) is 6.99. The molecule has 1 atom stereocenters. The molecule has 150 valence electrons. The standard InChI is InChI=1S/C24H19FN2O3/c1-2-15-8-10-16(11-9-15)22(28)20-21(17-5-4-12-26-14-17)27(24(30)23(20)29)19-7-3-6-18(25)13-19/h3-14,21,28H,2H2,1H3/b22-20+. The summed E-state index contributed by atoms with van der Waals surface area (Å²) in [6, 6.07) is 15.1. The number of carbonyl (C=O) groups excluding carboxylic acids is 2. The minimum atomic E-state index is -0.925. The maximum atomic E-state index is 13.9. The third kappa shape index (κ3) is 3.37. The second kappa shape index (κ2) is 7.91. The van der Waals surface area contributed by atoms with Gasteiger partial charge in [-0.1, -0.05) is 43.3 Å². The van der Waals surface area contributed by atoms with E-state index in [1.165, 1.54) is 29.3 Å². The smallest absolute Gasteiger partial charge is 0.300 e. The Balaban J connectivity index is 1.92. The van der Waals surface area contributed by atoms with Gasteiger partial charge in [0.05, 0.1) is 11.6 Å². The fourth-order valence-electron chi connectivity index (χ4n) is 3.63. The van der Waals surface area contributed by atoms with Crippen LogP contribution in [0, 0.1) is 5.82 Å². The van der Waals surface area contributed by atoms with E-state index in [4.69, 9.17) is 0 Å². The first-order valence-corrected chi connectivity index (χ1v) is 9.57. The number of benzene rings is 2. The van der Waals surface area contributed by atoms with Crippen LogP contribution in [0.25, 0.3) is 5.76 Å². The molecule has 0 radical (unpaired) electrons. The summed E-state index contributed by atoms with van der Waals surface area (Å²) in [5.74, 6) is -2.47. The highest BCUT2D eigenvalue weighted by atomic mass is 19.1. The van der Waals surface area contributed by atoms with E-state index in [1.807, 2.05) is 19.1 Å². The SMILES string of the molecule is CCc1ccc(/C(O)=C2\C(=O)C(=O)N(c3cccc(F)c3)C2c2cccnc2)cc1. The van der Waals surface area contributed by atoms with Gasteiger partial charge in [-0.25, -0.2) is 4.39 Å². The molecule has 1 aliphatic rings. The molecular weight excluding hydrogens is 383 g/mol. The Bertz CT molecular complexity index is 1140. The van der Waals surface area contributed by atoms with Crippen molar-refractivity contribution < 1.29 is 19.1 Å². The highest BCUT2D eigenvalue weighted by molar-refractivity contribution is 6.51. The number of carbonyl (C=O) groups is 2. The van der Waals surface area contributed by atoms with Crippen LogP contribution in [-0.4, -0.2) is 21.8 Å². The highest BCUT2D eigenvalue weighted by Gasteiger charge is 2.47. The largest absolute Gasteiger partial charge is 0.507 e. The van der Waals surface area contributed by atoms with Crippen molar-refractivity contribution in [3.8, 4) is 0 Å². The predicted octanol–water partition coefficient (Wildman–Crippen LogP) is 4.41. The number of hydrogen-bond acceptors (Lipinski definition) is 4. The molecule has 1 aliphatic heterocycles. The van der Waals surface area contributed by atoms with Gasteiger partial charge < -0.3 is 5.11 Å². The molecule has 1 N–H and O–H groups in total. The fraction of sp³-hybridized carbons (Fsp3) is 0.125. The molecule has 1 unspecified atom stereocenters. The topological polar surface area (TPSA) is 70.5 Å². The van der Waals surface area contributed by atoms with Crippen LogP contribution in [0.1, 0.15) is 29.7 Å². The van der Waals surface area contributed by atoms with Gasteiger partial charge in [-0.05, 0) is 41.8 Å². The van der Waals surface area contributed by atoms with E-state index in [0.717, 1.165) is 12.0 Å². The van der Waals surface area contributed by atoms with Crippen LogP contribution < -0.4 is 4.90 Å². The zero-order valence-corrected chi connectivity index (χ0v) is 16.2. The first-order valence-electron chi connectivity index (χ1n) is 9.57. The molecule has 4 rings (SSSR count). The molecule has 6 heteroatoms. The molecule has 1 aromatic heterocycles. The lowest BCUT2D eigenvalue weighted by Gasteiger charge is -2.25. The van der Waals surface area contributed by atoms with Gasteiger partial charge in [0.2, 0.25) is 0 Å². The fourth-order valence-corrected chi connectivity index (χ4v) is 3.63. The van der Waals surface area contributed by atoms with Gasteiger partial charge in [-0.15, -0.1) is 0 Å². The van der Waals surface area contributed by atoms with Crippen LogP contribution in [0.5, 0.6) is 0 Å². The molecule has 2 aromatic carbocycles. The quantitative estimate of drug-likeness (QED) is 0.399. The number of pyridine rings is 1. The minimum absolute atomic E-state index is 0.0542. The lowest BCUT2D eigenvalue weighted by Crippen LogP contribution is -2.29. The summed E-state index contributed by atoms with van der Waals surface area (Å²) in [5, 5.41) is 11.0. The Morgan fingerprint density at radius 2 is 1.87 bits per heavy atom. The Morgan fingerprint density at radius 1 is 1.10 bits per heavy atom. The van der Waals surface area contributed by atoms with Crippen molar-refractivity contribution in [3.63, 3.8) is 0 Å². The van der Waals surface area contributed by atoms with Crippen molar-refractivity contribution in [3.05, 3.63) is 101 Å².